The lowest BCUT2D eigenvalue weighted by atomic mass is 10.1. The van der Waals surface area contributed by atoms with Gasteiger partial charge in [-0.3, -0.25) is 4.79 Å². The van der Waals surface area contributed by atoms with E-state index in [1.807, 2.05) is 43.3 Å². The first kappa shape index (κ1) is 19.8. The van der Waals surface area contributed by atoms with Crippen molar-refractivity contribution in [1.82, 2.24) is 0 Å². The summed E-state index contributed by atoms with van der Waals surface area (Å²) in [7, 11) is 3.84. The number of hydrogen-bond donors (Lipinski definition) is 0. The van der Waals surface area contributed by atoms with E-state index in [9.17, 15) is 24.6 Å². The molecular formula is C21H17N3O5-2. The van der Waals surface area contributed by atoms with Gasteiger partial charge in [-0.05, 0) is 60.0 Å². The minimum Gasteiger partial charge on any atom is -0.545 e. The van der Waals surface area contributed by atoms with Crippen LogP contribution in [0.5, 0.6) is 0 Å². The van der Waals surface area contributed by atoms with E-state index in [0.717, 1.165) is 34.5 Å². The number of benzene rings is 2. The normalized spacial score (nSPS) is 14.9. The second-order valence-electron chi connectivity index (χ2n) is 6.69. The van der Waals surface area contributed by atoms with E-state index in [-0.39, 0.29) is 16.8 Å². The monoisotopic (exact) mass is 391 g/mol. The van der Waals surface area contributed by atoms with Gasteiger partial charge in [-0.25, -0.2) is 0 Å². The number of anilines is 2. The lowest BCUT2D eigenvalue weighted by Gasteiger charge is -2.16. The van der Waals surface area contributed by atoms with Crippen LogP contribution in [0.4, 0.5) is 11.4 Å². The average molecular weight is 391 g/mol. The minimum atomic E-state index is -1.57. The summed E-state index contributed by atoms with van der Waals surface area (Å²) in [6.07, 6.45) is 1.67. The molecule has 0 fully saturated rings. The number of carbonyl (C=O) groups excluding carboxylic acids is 3. The van der Waals surface area contributed by atoms with E-state index in [2.05, 4.69) is 5.10 Å². The van der Waals surface area contributed by atoms with Gasteiger partial charge in [0, 0.05) is 19.8 Å². The van der Waals surface area contributed by atoms with Crippen molar-refractivity contribution in [3.8, 4) is 0 Å². The molecule has 1 aliphatic rings. The molecule has 0 atom stereocenters. The molecule has 0 aromatic heterocycles. The van der Waals surface area contributed by atoms with Gasteiger partial charge in [0.1, 0.15) is 0 Å². The molecule has 0 unspecified atom stereocenters. The fourth-order valence-electron chi connectivity index (χ4n) is 2.86. The van der Waals surface area contributed by atoms with E-state index >= 15 is 0 Å². The lowest BCUT2D eigenvalue weighted by molar-refractivity contribution is -0.255. The maximum atomic E-state index is 12.9. The first-order valence-electron chi connectivity index (χ1n) is 8.64. The van der Waals surface area contributed by atoms with E-state index in [0.29, 0.717) is 11.3 Å². The second-order valence-corrected chi connectivity index (χ2v) is 6.69. The van der Waals surface area contributed by atoms with Crippen LogP contribution >= 0.6 is 0 Å². The van der Waals surface area contributed by atoms with E-state index in [1.54, 1.807) is 13.0 Å². The van der Waals surface area contributed by atoms with Gasteiger partial charge >= 0.3 is 0 Å². The molecule has 1 heterocycles. The molecule has 1 aliphatic heterocycles. The molecule has 0 radical (unpaired) electrons. The van der Waals surface area contributed by atoms with Gasteiger partial charge in [0.25, 0.3) is 5.91 Å². The summed E-state index contributed by atoms with van der Waals surface area (Å²) in [4.78, 5) is 37.2. The van der Waals surface area contributed by atoms with Crippen LogP contribution in [0.1, 0.15) is 33.2 Å². The predicted octanol–water partition coefficient (Wildman–Crippen LogP) is 0.286. The van der Waals surface area contributed by atoms with Crippen LogP contribution < -0.4 is 20.1 Å². The topological polar surface area (TPSA) is 116 Å². The Morgan fingerprint density at radius 3 is 2.03 bits per heavy atom. The first-order chi connectivity index (χ1) is 13.7. The molecule has 0 bridgehead atoms. The van der Waals surface area contributed by atoms with Crippen molar-refractivity contribution < 1.29 is 24.6 Å². The molecule has 3 rings (SSSR count). The number of nitrogens with zero attached hydrogens (tertiary/aromatic N) is 3. The number of carboxylic acids is 2. The van der Waals surface area contributed by atoms with Crippen LogP contribution in [0.15, 0.2) is 53.1 Å². The van der Waals surface area contributed by atoms with Crippen molar-refractivity contribution in [3.63, 3.8) is 0 Å². The molecule has 8 heteroatoms. The van der Waals surface area contributed by atoms with E-state index < -0.39 is 17.8 Å². The van der Waals surface area contributed by atoms with Crippen molar-refractivity contribution >= 4 is 41.0 Å². The summed E-state index contributed by atoms with van der Waals surface area (Å²) in [6, 6.07) is 10.7. The molecule has 0 aliphatic carbocycles. The second kappa shape index (κ2) is 7.59. The molecule has 2 aromatic rings. The molecule has 0 saturated carbocycles. The molecule has 2 aromatic carbocycles. The van der Waals surface area contributed by atoms with Crippen molar-refractivity contribution in [2.75, 3.05) is 24.0 Å². The van der Waals surface area contributed by atoms with E-state index in [4.69, 9.17) is 0 Å². The number of hydrogen-bond acceptors (Lipinski definition) is 7. The number of amides is 1. The van der Waals surface area contributed by atoms with Crippen LogP contribution in [0.2, 0.25) is 0 Å². The van der Waals surface area contributed by atoms with Gasteiger partial charge < -0.3 is 24.7 Å². The zero-order chi connectivity index (χ0) is 21.3. The summed E-state index contributed by atoms with van der Waals surface area (Å²) in [5, 5.41) is 27.5. The summed E-state index contributed by atoms with van der Waals surface area (Å²) in [5.41, 5.74) is 1.75. The Kier molecular flexibility index (Phi) is 5.18. The Labute approximate surface area is 167 Å². The fourth-order valence-corrected chi connectivity index (χ4v) is 2.86. The third-order valence-electron chi connectivity index (χ3n) is 4.42. The first-order valence-corrected chi connectivity index (χ1v) is 8.64. The SMILES string of the molecule is CC1=NN(c2cc(C(=O)[O-])cc(C(=O)[O-])c2)C(=O)/C1=C\c1ccc(N(C)C)cc1. The average Bonchev–Trinajstić information content (AvgIpc) is 2.96. The van der Waals surface area contributed by atoms with Gasteiger partial charge in [0.2, 0.25) is 0 Å². The highest BCUT2D eigenvalue weighted by Gasteiger charge is 2.29. The van der Waals surface area contributed by atoms with Gasteiger partial charge in [0.05, 0.1) is 28.9 Å². The Morgan fingerprint density at radius 2 is 1.55 bits per heavy atom. The zero-order valence-corrected chi connectivity index (χ0v) is 16.0. The maximum absolute atomic E-state index is 12.9. The summed E-state index contributed by atoms with van der Waals surface area (Å²) >= 11 is 0. The smallest absolute Gasteiger partial charge is 0.280 e. The molecule has 1 amide bonds. The Bertz CT molecular complexity index is 1040. The van der Waals surface area contributed by atoms with Crippen molar-refractivity contribution in [2.24, 2.45) is 5.10 Å². The van der Waals surface area contributed by atoms with Crippen LogP contribution in [0, 0.1) is 0 Å². The Balaban J connectivity index is 1.98. The fraction of sp³-hybridized carbons (Fsp3) is 0.143. The van der Waals surface area contributed by atoms with E-state index in [1.165, 1.54) is 0 Å². The quantitative estimate of drug-likeness (QED) is 0.676. The Hall–Kier alpha value is -3.94. The largest absolute Gasteiger partial charge is 0.545 e. The maximum Gasteiger partial charge on any atom is 0.280 e. The number of hydrazone groups is 1. The molecule has 0 N–H and O–H groups in total. The van der Waals surface area contributed by atoms with Crippen LogP contribution in [-0.2, 0) is 4.79 Å². The molecular weight excluding hydrogens is 374 g/mol. The van der Waals surface area contributed by atoms with Gasteiger partial charge in [-0.2, -0.15) is 10.1 Å². The lowest BCUT2D eigenvalue weighted by Crippen LogP contribution is -2.27. The molecule has 0 saturated heterocycles. The number of carbonyl (C=O) groups is 3. The molecule has 8 nitrogen and oxygen atoms in total. The number of rotatable bonds is 5. The summed E-state index contributed by atoms with van der Waals surface area (Å²) in [5.74, 6) is -3.64. The minimum absolute atomic E-state index is 0.00149. The number of carboxylic acid groups (broad SMARTS) is 2. The Morgan fingerprint density at radius 1 is 1.00 bits per heavy atom. The van der Waals surface area contributed by atoms with Crippen molar-refractivity contribution in [3.05, 3.63) is 64.7 Å². The molecule has 0 spiro atoms. The van der Waals surface area contributed by atoms with Crippen molar-refractivity contribution in [1.29, 1.82) is 0 Å². The standard InChI is InChI=1S/C21H19N3O5/c1-12-18(8-13-4-6-16(7-5-13)23(2)3)19(25)24(22-12)17-10-14(20(26)27)9-15(11-17)21(28)29/h4-11H,1-3H3,(H,26,27)(H,28,29)/p-2/b18-8-. The zero-order valence-electron chi connectivity index (χ0n) is 16.0. The third kappa shape index (κ3) is 4.01. The molecule has 29 heavy (non-hydrogen) atoms. The highest BCUT2D eigenvalue weighted by molar-refractivity contribution is 6.32. The van der Waals surface area contributed by atoms with Crippen molar-refractivity contribution in [2.45, 2.75) is 6.92 Å². The number of aromatic carboxylic acids is 2. The molecule has 148 valence electrons. The van der Waals surface area contributed by atoms with Gasteiger partial charge in [-0.1, -0.05) is 12.1 Å². The van der Waals surface area contributed by atoms with Gasteiger partial charge in [0.15, 0.2) is 0 Å². The summed E-state index contributed by atoms with van der Waals surface area (Å²) < 4.78 is 0. The third-order valence-corrected chi connectivity index (χ3v) is 4.42. The highest BCUT2D eigenvalue weighted by Crippen LogP contribution is 2.27. The summed E-state index contributed by atoms with van der Waals surface area (Å²) in [6.45, 7) is 1.64. The van der Waals surface area contributed by atoms with Crippen LogP contribution in [0.3, 0.4) is 0 Å². The van der Waals surface area contributed by atoms with Crippen LogP contribution in [-0.4, -0.2) is 37.7 Å². The predicted molar refractivity (Wildman–Crippen MR) is 104 cm³/mol. The highest BCUT2D eigenvalue weighted by atomic mass is 16.4. The van der Waals surface area contributed by atoms with Crippen LogP contribution in [0.25, 0.3) is 6.08 Å². The van der Waals surface area contributed by atoms with Gasteiger partial charge in [-0.15, -0.1) is 0 Å².